The number of carbonyl (C=O) groups excluding carboxylic acids is 2. The number of methoxy groups -OCH3 is 1. The Bertz CT molecular complexity index is 1450. The van der Waals surface area contributed by atoms with Gasteiger partial charge in [0.2, 0.25) is 0 Å². The molecule has 0 bridgehead atoms. The molecule has 0 amide bonds. The largest absolute Gasteiger partial charge is 0.465 e. The fraction of sp³-hybridized carbons (Fsp3) is 0.235. The van der Waals surface area contributed by atoms with Crippen molar-refractivity contribution in [1.29, 1.82) is 0 Å². The number of rotatable bonds is 6. The minimum Gasteiger partial charge on any atom is -0.465 e. The van der Waals surface area contributed by atoms with Crippen LogP contribution in [0.2, 0.25) is 0 Å². The summed E-state index contributed by atoms with van der Waals surface area (Å²) in [5.41, 5.74) is 11.1. The lowest BCUT2D eigenvalue weighted by molar-refractivity contribution is 0.0600. The van der Waals surface area contributed by atoms with Crippen LogP contribution >= 0.6 is 0 Å². The summed E-state index contributed by atoms with van der Waals surface area (Å²) in [4.78, 5) is 24.6. The van der Waals surface area contributed by atoms with Crippen LogP contribution in [0, 0.1) is 34.6 Å². The molecule has 0 saturated heterocycles. The second kappa shape index (κ2) is 11.1. The standard InChI is InChI=1S/C34H34O4/c1-20-16-30(17-21(2)24(20)5)25(6)31-18-22(3)32(23(4)19-31)38-34(36)29-14-10-27(11-15-29)26-8-12-28(13-9-26)33(35)37-7/h8-19,25H,1-7H3. The van der Waals surface area contributed by atoms with Gasteiger partial charge in [0, 0.05) is 5.92 Å². The van der Waals surface area contributed by atoms with Crippen LogP contribution in [-0.4, -0.2) is 19.0 Å². The quantitative estimate of drug-likeness (QED) is 0.196. The monoisotopic (exact) mass is 506 g/mol. The molecule has 0 fully saturated rings. The molecular weight excluding hydrogens is 472 g/mol. The summed E-state index contributed by atoms with van der Waals surface area (Å²) in [6.45, 7) is 12.7. The molecule has 194 valence electrons. The molecular formula is C34H34O4. The van der Waals surface area contributed by atoms with Gasteiger partial charge in [-0.2, -0.15) is 0 Å². The van der Waals surface area contributed by atoms with Crippen LogP contribution in [0.4, 0.5) is 0 Å². The number of aryl methyl sites for hydroxylation is 4. The molecule has 4 rings (SSSR count). The van der Waals surface area contributed by atoms with E-state index < -0.39 is 5.97 Å². The molecule has 0 aliphatic carbocycles. The van der Waals surface area contributed by atoms with Crippen LogP contribution in [0.1, 0.15) is 72.5 Å². The van der Waals surface area contributed by atoms with E-state index in [0.717, 1.165) is 22.3 Å². The van der Waals surface area contributed by atoms with Crippen molar-refractivity contribution in [3.63, 3.8) is 0 Å². The Morgan fingerprint density at radius 3 is 1.42 bits per heavy atom. The third-order valence-corrected chi connectivity index (χ3v) is 7.39. The number of ether oxygens (including phenoxy) is 2. The molecule has 0 saturated carbocycles. The summed E-state index contributed by atoms with van der Waals surface area (Å²) < 4.78 is 10.6. The van der Waals surface area contributed by atoms with Crippen LogP contribution in [0.15, 0.2) is 72.8 Å². The molecule has 4 aromatic rings. The van der Waals surface area contributed by atoms with E-state index in [1.807, 2.05) is 38.1 Å². The highest BCUT2D eigenvalue weighted by atomic mass is 16.5. The minimum absolute atomic E-state index is 0.226. The van der Waals surface area contributed by atoms with Crippen LogP contribution in [-0.2, 0) is 4.74 Å². The number of benzene rings is 4. The van der Waals surface area contributed by atoms with Gasteiger partial charge in [-0.3, -0.25) is 0 Å². The van der Waals surface area contributed by atoms with Crippen LogP contribution in [0.3, 0.4) is 0 Å². The lowest BCUT2D eigenvalue weighted by Crippen LogP contribution is -2.11. The van der Waals surface area contributed by atoms with E-state index in [0.29, 0.717) is 16.9 Å². The summed E-state index contributed by atoms with van der Waals surface area (Å²) in [5.74, 6) is 0.0616. The molecule has 1 atom stereocenters. The third kappa shape index (κ3) is 5.55. The highest BCUT2D eigenvalue weighted by Crippen LogP contribution is 2.33. The van der Waals surface area contributed by atoms with Crippen molar-refractivity contribution in [2.75, 3.05) is 7.11 Å². The van der Waals surface area contributed by atoms with E-state index in [1.54, 1.807) is 24.3 Å². The van der Waals surface area contributed by atoms with Crippen molar-refractivity contribution in [3.8, 4) is 16.9 Å². The third-order valence-electron chi connectivity index (χ3n) is 7.39. The Hall–Kier alpha value is -4.18. The Morgan fingerprint density at radius 2 is 1.00 bits per heavy atom. The molecule has 0 aliphatic rings. The van der Waals surface area contributed by atoms with E-state index in [-0.39, 0.29) is 11.9 Å². The lowest BCUT2D eigenvalue weighted by Gasteiger charge is -2.19. The fourth-order valence-electron chi connectivity index (χ4n) is 4.77. The summed E-state index contributed by atoms with van der Waals surface area (Å²) >= 11 is 0. The first-order valence-electron chi connectivity index (χ1n) is 12.8. The second-order valence-corrected chi connectivity index (χ2v) is 10.0. The van der Waals surface area contributed by atoms with E-state index in [9.17, 15) is 9.59 Å². The van der Waals surface area contributed by atoms with Crippen molar-refractivity contribution in [1.82, 2.24) is 0 Å². The maximum atomic E-state index is 13.0. The normalized spacial score (nSPS) is 11.7. The van der Waals surface area contributed by atoms with Gasteiger partial charge < -0.3 is 9.47 Å². The molecule has 1 unspecified atom stereocenters. The Morgan fingerprint density at radius 1 is 0.605 bits per heavy atom. The van der Waals surface area contributed by atoms with E-state index in [4.69, 9.17) is 9.47 Å². The van der Waals surface area contributed by atoms with Crippen molar-refractivity contribution < 1.29 is 19.1 Å². The number of hydrogen-bond acceptors (Lipinski definition) is 4. The first-order chi connectivity index (χ1) is 18.1. The molecule has 0 heterocycles. The topological polar surface area (TPSA) is 52.6 Å². The highest BCUT2D eigenvalue weighted by molar-refractivity contribution is 5.92. The van der Waals surface area contributed by atoms with Crippen LogP contribution in [0.25, 0.3) is 11.1 Å². The molecule has 0 spiro atoms. The van der Waals surface area contributed by atoms with E-state index in [1.165, 1.54) is 34.9 Å². The minimum atomic E-state index is -0.394. The van der Waals surface area contributed by atoms with Gasteiger partial charge in [0.1, 0.15) is 5.75 Å². The predicted octanol–water partition coefficient (Wildman–Crippen LogP) is 8.05. The van der Waals surface area contributed by atoms with Gasteiger partial charge >= 0.3 is 11.9 Å². The maximum absolute atomic E-state index is 13.0. The van der Waals surface area contributed by atoms with Gasteiger partial charge in [0.15, 0.2) is 0 Å². The van der Waals surface area contributed by atoms with Gasteiger partial charge in [0.25, 0.3) is 0 Å². The molecule has 4 nitrogen and oxygen atoms in total. The number of hydrogen-bond donors (Lipinski definition) is 0. The van der Waals surface area contributed by atoms with Gasteiger partial charge in [-0.05, 0) is 109 Å². The predicted molar refractivity (Wildman–Crippen MR) is 152 cm³/mol. The molecule has 0 aliphatic heterocycles. The summed E-state index contributed by atoms with van der Waals surface area (Å²) in [5, 5.41) is 0. The molecule has 0 N–H and O–H groups in total. The maximum Gasteiger partial charge on any atom is 0.343 e. The summed E-state index contributed by atoms with van der Waals surface area (Å²) in [6, 6.07) is 23.2. The molecule has 4 heteroatoms. The molecule has 0 radical (unpaired) electrons. The molecule has 4 aromatic carbocycles. The average Bonchev–Trinajstić information content (AvgIpc) is 2.92. The summed E-state index contributed by atoms with van der Waals surface area (Å²) in [6.07, 6.45) is 0. The highest BCUT2D eigenvalue weighted by Gasteiger charge is 2.17. The lowest BCUT2D eigenvalue weighted by atomic mass is 9.87. The van der Waals surface area contributed by atoms with Gasteiger partial charge in [-0.1, -0.05) is 55.5 Å². The zero-order valence-corrected chi connectivity index (χ0v) is 23.1. The Balaban J connectivity index is 1.51. The smallest absolute Gasteiger partial charge is 0.343 e. The van der Waals surface area contributed by atoms with Gasteiger partial charge in [-0.25, -0.2) is 9.59 Å². The van der Waals surface area contributed by atoms with Gasteiger partial charge in [0.05, 0.1) is 18.2 Å². The second-order valence-electron chi connectivity index (χ2n) is 10.0. The zero-order valence-electron chi connectivity index (χ0n) is 23.1. The Kier molecular flexibility index (Phi) is 7.82. The van der Waals surface area contributed by atoms with Crippen molar-refractivity contribution in [3.05, 3.63) is 123 Å². The first-order valence-corrected chi connectivity index (χ1v) is 12.8. The molecule has 0 aromatic heterocycles. The van der Waals surface area contributed by atoms with E-state index >= 15 is 0 Å². The Labute approximate surface area is 225 Å². The number of carbonyl (C=O) groups is 2. The molecule has 38 heavy (non-hydrogen) atoms. The SMILES string of the molecule is COC(=O)c1ccc(-c2ccc(C(=O)Oc3c(C)cc(C(C)c4cc(C)c(C)c(C)c4)cc3C)cc2)cc1. The zero-order chi connectivity index (χ0) is 27.6. The first kappa shape index (κ1) is 26.9. The van der Waals surface area contributed by atoms with Gasteiger partial charge in [-0.15, -0.1) is 0 Å². The number of esters is 2. The van der Waals surface area contributed by atoms with Crippen LogP contribution < -0.4 is 4.74 Å². The van der Waals surface area contributed by atoms with Crippen molar-refractivity contribution in [2.24, 2.45) is 0 Å². The van der Waals surface area contributed by atoms with Crippen LogP contribution in [0.5, 0.6) is 5.75 Å². The van der Waals surface area contributed by atoms with Crippen molar-refractivity contribution in [2.45, 2.75) is 47.5 Å². The average molecular weight is 507 g/mol. The fourth-order valence-corrected chi connectivity index (χ4v) is 4.77. The van der Waals surface area contributed by atoms with E-state index in [2.05, 4.69) is 52.0 Å². The summed E-state index contributed by atoms with van der Waals surface area (Å²) in [7, 11) is 1.36. The van der Waals surface area contributed by atoms with Crippen molar-refractivity contribution >= 4 is 11.9 Å².